The van der Waals surface area contributed by atoms with E-state index in [0.29, 0.717) is 11.0 Å². The third-order valence-electron chi connectivity index (χ3n) is 5.37. The number of hydrogen-bond donors (Lipinski definition) is 0. The van der Waals surface area contributed by atoms with Crippen LogP contribution in [0.5, 0.6) is 0 Å². The fraction of sp³-hybridized carbons (Fsp3) is 0.611. The van der Waals surface area contributed by atoms with Gasteiger partial charge in [0.2, 0.25) is 0 Å². The van der Waals surface area contributed by atoms with Crippen molar-refractivity contribution < 1.29 is 14.3 Å². The maximum Gasteiger partial charge on any atom is 0.338 e. The Kier molecular flexibility index (Phi) is 3.90. The maximum absolute atomic E-state index is 12.6. The largest absolute Gasteiger partial charge is 0.452 e. The summed E-state index contributed by atoms with van der Waals surface area (Å²) < 4.78 is 5.18. The second-order valence-corrected chi connectivity index (χ2v) is 7.85. The molecule has 2 fully saturated rings. The lowest BCUT2D eigenvalue weighted by Crippen LogP contribution is -2.49. The van der Waals surface area contributed by atoms with Gasteiger partial charge in [0.1, 0.15) is 0 Å². The Balaban J connectivity index is 1.62. The second-order valence-electron chi connectivity index (χ2n) is 7.85. The molecule has 2 heterocycles. The standard InChI is InChI=1S/C18H24N2O3/c1-17(2)12-18(3)6-9-20(14(17)10-18)15(21)11-23-16(22)13-4-7-19-8-5-13/h4-5,7-8,14H,6,9-12H2,1-3H3. The molecule has 0 spiro atoms. The van der Waals surface area contributed by atoms with E-state index >= 15 is 0 Å². The number of carbonyl (C=O) groups is 2. The van der Waals surface area contributed by atoms with Crippen LogP contribution in [0, 0.1) is 10.8 Å². The van der Waals surface area contributed by atoms with Crippen LogP contribution in [-0.4, -0.2) is 41.0 Å². The normalized spacial score (nSPS) is 28.5. The van der Waals surface area contributed by atoms with E-state index in [1.54, 1.807) is 12.1 Å². The molecule has 1 aliphatic carbocycles. The third-order valence-corrected chi connectivity index (χ3v) is 5.37. The highest BCUT2D eigenvalue weighted by Crippen LogP contribution is 2.55. The summed E-state index contributed by atoms with van der Waals surface area (Å²) >= 11 is 0. The maximum atomic E-state index is 12.6. The fourth-order valence-electron chi connectivity index (χ4n) is 4.38. The summed E-state index contributed by atoms with van der Waals surface area (Å²) in [6, 6.07) is 3.41. The molecular weight excluding hydrogens is 292 g/mol. The highest BCUT2D eigenvalue weighted by atomic mass is 16.5. The van der Waals surface area contributed by atoms with Gasteiger partial charge in [-0.25, -0.2) is 4.79 Å². The monoisotopic (exact) mass is 316 g/mol. The predicted octanol–water partition coefficient (Wildman–Crippen LogP) is 2.67. The zero-order chi connectivity index (χ0) is 16.7. The molecule has 23 heavy (non-hydrogen) atoms. The van der Waals surface area contributed by atoms with Gasteiger partial charge in [-0.05, 0) is 42.2 Å². The van der Waals surface area contributed by atoms with E-state index in [0.717, 1.165) is 25.8 Å². The number of fused-ring (bicyclic) bond motifs is 2. The number of carbonyl (C=O) groups excluding carboxylic acids is 2. The van der Waals surface area contributed by atoms with E-state index < -0.39 is 5.97 Å². The lowest BCUT2D eigenvalue weighted by Gasteiger charge is -2.40. The molecule has 0 N–H and O–H groups in total. The Morgan fingerprint density at radius 3 is 2.70 bits per heavy atom. The van der Waals surface area contributed by atoms with Gasteiger partial charge in [0.15, 0.2) is 6.61 Å². The van der Waals surface area contributed by atoms with E-state index in [2.05, 4.69) is 25.8 Å². The molecular formula is C18H24N2O3. The van der Waals surface area contributed by atoms with E-state index in [4.69, 9.17) is 4.74 Å². The molecule has 3 rings (SSSR count). The third kappa shape index (κ3) is 3.09. The van der Waals surface area contributed by atoms with Gasteiger partial charge >= 0.3 is 5.97 Å². The molecule has 124 valence electrons. The summed E-state index contributed by atoms with van der Waals surface area (Å²) in [7, 11) is 0. The summed E-state index contributed by atoms with van der Waals surface area (Å²) in [4.78, 5) is 30.3. The molecule has 2 aliphatic rings. The number of aromatic nitrogens is 1. The Morgan fingerprint density at radius 1 is 1.30 bits per heavy atom. The van der Waals surface area contributed by atoms with Crippen LogP contribution in [0.4, 0.5) is 0 Å². The quantitative estimate of drug-likeness (QED) is 0.804. The van der Waals surface area contributed by atoms with Crippen LogP contribution in [0.3, 0.4) is 0 Å². The van der Waals surface area contributed by atoms with Crippen molar-refractivity contribution in [2.75, 3.05) is 13.2 Å². The van der Waals surface area contributed by atoms with E-state index in [1.165, 1.54) is 12.4 Å². The van der Waals surface area contributed by atoms with Crippen molar-refractivity contribution in [1.82, 2.24) is 9.88 Å². The van der Waals surface area contributed by atoms with Crippen molar-refractivity contribution in [3.63, 3.8) is 0 Å². The fourth-order valence-corrected chi connectivity index (χ4v) is 4.38. The zero-order valence-electron chi connectivity index (χ0n) is 14.0. The molecule has 1 amide bonds. The van der Waals surface area contributed by atoms with Gasteiger partial charge in [-0.15, -0.1) is 0 Å². The summed E-state index contributed by atoms with van der Waals surface area (Å²) in [5, 5.41) is 0. The molecule has 1 aliphatic heterocycles. The number of hydrogen-bond acceptors (Lipinski definition) is 4. The average molecular weight is 316 g/mol. The second kappa shape index (κ2) is 5.62. The highest BCUT2D eigenvalue weighted by molar-refractivity contribution is 5.91. The first kappa shape index (κ1) is 16.0. The minimum absolute atomic E-state index is 0.0885. The van der Waals surface area contributed by atoms with Crippen molar-refractivity contribution >= 4 is 11.9 Å². The number of pyridine rings is 1. The van der Waals surface area contributed by atoms with Crippen LogP contribution in [-0.2, 0) is 9.53 Å². The van der Waals surface area contributed by atoms with Gasteiger partial charge in [-0.2, -0.15) is 0 Å². The van der Waals surface area contributed by atoms with E-state index in [-0.39, 0.29) is 24.0 Å². The molecule has 2 atom stereocenters. The van der Waals surface area contributed by atoms with E-state index in [1.807, 2.05) is 4.90 Å². The van der Waals surface area contributed by atoms with Crippen LogP contribution in [0.1, 0.15) is 50.4 Å². The van der Waals surface area contributed by atoms with Gasteiger partial charge < -0.3 is 9.64 Å². The number of ether oxygens (including phenoxy) is 1. The van der Waals surface area contributed by atoms with Gasteiger partial charge in [-0.3, -0.25) is 9.78 Å². The molecule has 0 aromatic carbocycles. The lowest BCUT2D eigenvalue weighted by molar-refractivity contribution is -0.140. The first-order chi connectivity index (χ1) is 10.8. The Hall–Kier alpha value is -1.91. The van der Waals surface area contributed by atoms with Crippen LogP contribution in [0.15, 0.2) is 24.5 Å². The molecule has 1 saturated carbocycles. The summed E-state index contributed by atoms with van der Waals surface area (Å²) in [6.45, 7) is 7.36. The first-order valence-corrected chi connectivity index (χ1v) is 8.17. The summed E-state index contributed by atoms with van der Waals surface area (Å²) in [6.07, 6.45) is 6.28. The molecule has 2 unspecified atom stereocenters. The minimum atomic E-state index is -0.478. The van der Waals surface area contributed by atoms with Gasteiger partial charge in [0.05, 0.1) is 5.56 Å². The minimum Gasteiger partial charge on any atom is -0.452 e. The number of rotatable bonds is 3. The molecule has 0 radical (unpaired) electrons. The van der Waals surface area contributed by atoms with Crippen molar-refractivity contribution in [1.29, 1.82) is 0 Å². The summed E-state index contributed by atoms with van der Waals surface area (Å²) in [5.74, 6) is -0.567. The van der Waals surface area contributed by atoms with Gasteiger partial charge in [-0.1, -0.05) is 20.8 Å². The van der Waals surface area contributed by atoms with Crippen LogP contribution in [0.25, 0.3) is 0 Å². The van der Waals surface area contributed by atoms with Crippen molar-refractivity contribution in [2.45, 2.75) is 46.1 Å². The predicted molar refractivity (Wildman–Crippen MR) is 85.8 cm³/mol. The van der Waals surface area contributed by atoms with Gasteiger partial charge in [0.25, 0.3) is 5.91 Å². The van der Waals surface area contributed by atoms with Crippen molar-refractivity contribution in [2.24, 2.45) is 10.8 Å². The Bertz CT molecular complexity index is 614. The molecule has 1 saturated heterocycles. The number of likely N-dealkylation sites (tertiary alicyclic amines) is 1. The lowest BCUT2D eigenvalue weighted by atomic mass is 9.81. The van der Waals surface area contributed by atoms with Crippen LogP contribution >= 0.6 is 0 Å². The van der Waals surface area contributed by atoms with E-state index in [9.17, 15) is 9.59 Å². The molecule has 5 nitrogen and oxygen atoms in total. The SMILES string of the molecule is CC12CCN(C(=O)COC(=O)c3ccncc3)C(C1)C(C)(C)C2. The number of amides is 1. The molecule has 5 heteroatoms. The van der Waals surface area contributed by atoms with Crippen LogP contribution in [0.2, 0.25) is 0 Å². The number of piperidine rings is 1. The first-order valence-electron chi connectivity index (χ1n) is 8.17. The zero-order valence-corrected chi connectivity index (χ0v) is 14.0. The number of nitrogens with zero attached hydrogens (tertiary/aromatic N) is 2. The Labute approximate surface area is 137 Å². The molecule has 1 aromatic rings. The van der Waals surface area contributed by atoms with Crippen molar-refractivity contribution in [3.8, 4) is 0 Å². The highest BCUT2D eigenvalue weighted by Gasteiger charge is 2.53. The molecule has 1 aromatic heterocycles. The molecule has 2 bridgehead atoms. The average Bonchev–Trinajstić information content (AvgIpc) is 2.70. The Morgan fingerprint density at radius 2 is 2.00 bits per heavy atom. The van der Waals surface area contributed by atoms with Crippen molar-refractivity contribution in [3.05, 3.63) is 30.1 Å². The van der Waals surface area contributed by atoms with Gasteiger partial charge in [0, 0.05) is 25.0 Å². The number of esters is 1. The smallest absolute Gasteiger partial charge is 0.338 e. The summed E-state index contributed by atoms with van der Waals surface area (Å²) in [5.41, 5.74) is 0.884. The van der Waals surface area contributed by atoms with Crippen LogP contribution < -0.4 is 0 Å². The topological polar surface area (TPSA) is 59.5 Å².